The van der Waals surface area contributed by atoms with E-state index in [2.05, 4.69) is 11.4 Å². The molecule has 2 aromatic carbocycles. The zero-order valence-electron chi connectivity index (χ0n) is 18.0. The van der Waals surface area contributed by atoms with E-state index < -0.39 is 17.4 Å². The van der Waals surface area contributed by atoms with Crippen molar-refractivity contribution in [2.45, 2.75) is 18.4 Å². The molecule has 0 spiro atoms. The molecule has 4 rings (SSSR count). The minimum absolute atomic E-state index is 0.0453. The molecule has 0 aliphatic carbocycles. The predicted octanol–water partition coefficient (Wildman–Crippen LogP) is 1.63. The Bertz CT molecular complexity index is 1050. The van der Waals surface area contributed by atoms with Gasteiger partial charge in [-0.2, -0.15) is 5.26 Å². The Kier molecular flexibility index (Phi) is 6.12. The largest absolute Gasteiger partial charge is 0.482 e. The highest BCUT2D eigenvalue weighted by Gasteiger charge is 2.46. The predicted molar refractivity (Wildman–Crippen MR) is 119 cm³/mol. The number of hydrogen-bond donors (Lipinski definition) is 2. The number of ether oxygens (including phenoxy) is 2. The standard InChI is InChI=1S/C24H26N4O4/c1-28-20-12-18(7-8-21(20)31-14-22(28)29)17-5-3-16(4-6-17)11-19(13-25)24(23(26)30)15-27-9-2-10-32-24/h3-8,12,19,27H,2,9-11,14-15H2,1H3,(H2,26,30)/t19-,24+/m0/s1. The van der Waals surface area contributed by atoms with Gasteiger partial charge in [0.05, 0.1) is 17.7 Å². The van der Waals surface area contributed by atoms with Crippen molar-refractivity contribution in [2.24, 2.45) is 11.7 Å². The zero-order chi connectivity index (χ0) is 22.7. The van der Waals surface area contributed by atoms with Crippen LogP contribution >= 0.6 is 0 Å². The quantitative estimate of drug-likeness (QED) is 0.739. The van der Waals surface area contributed by atoms with Crippen LogP contribution < -0.4 is 20.7 Å². The van der Waals surface area contributed by atoms with Crippen molar-refractivity contribution in [1.29, 1.82) is 5.26 Å². The van der Waals surface area contributed by atoms with Crippen LogP contribution in [0.15, 0.2) is 42.5 Å². The number of rotatable bonds is 5. The van der Waals surface area contributed by atoms with Crippen LogP contribution in [0.2, 0.25) is 0 Å². The van der Waals surface area contributed by atoms with Crippen molar-refractivity contribution in [3.05, 3.63) is 48.0 Å². The third-order valence-corrected chi connectivity index (χ3v) is 6.15. The molecule has 2 heterocycles. The lowest BCUT2D eigenvalue weighted by Crippen LogP contribution is -2.57. The average Bonchev–Trinajstić information content (AvgIpc) is 3.07. The van der Waals surface area contributed by atoms with Gasteiger partial charge in [-0.25, -0.2) is 0 Å². The number of nitrogens with one attached hydrogen (secondary N) is 1. The number of nitrogens with zero attached hydrogens (tertiary/aromatic N) is 2. The second-order valence-corrected chi connectivity index (χ2v) is 8.14. The van der Waals surface area contributed by atoms with E-state index in [1.165, 1.54) is 0 Å². The Hall–Kier alpha value is -3.41. The van der Waals surface area contributed by atoms with Crippen LogP contribution in [0.4, 0.5) is 5.69 Å². The molecule has 0 bridgehead atoms. The Balaban J connectivity index is 1.56. The fourth-order valence-corrected chi connectivity index (χ4v) is 4.17. The summed E-state index contributed by atoms with van der Waals surface area (Å²) >= 11 is 0. The first-order chi connectivity index (χ1) is 15.4. The second kappa shape index (κ2) is 8.99. The maximum atomic E-state index is 12.3. The maximum absolute atomic E-state index is 12.3. The summed E-state index contributed by atoms with van der Waals surface area (Å²) in [7, 11) is 1.73. The zero-order valence-corrected chi connectivity index (χ0v) is 18.0. The van der Waals surface area contributed by atoms with E-state index in [-0.39, 0.29) is 19.1 Å². The smallest absolute Gasteiger partial charge is 0.264 e. The summed E-state index contributed by atoms with van der Waals surface area (Å²) in [4.78, 5) is 25.8. The van der Waals surface area contributed by atoms with E-state index in [1.807, 2.05) is 42.5 Å². The molecule has 2 atom stereocenters. The molecule has 2 aliphatic heterocycles. The van der Waals surface area contributed by atoms with Crippen LogP contribution in [0.5, 0.6) is 5.75 Å². The molecule has 0 aromatic heterocycles. The molecule has 0 saturated carbocycles. The molecule has 166 valence electrons. The SMILES string of the molecule is CN1C(=O)COc2ccc(-c3ccc(C[C@@H](C#N)[C@@]4(C(N)=O)CNCCCO4)cc3)cc21. The van der Waals surface area contributed by atoms with Gasteiger partial charge in [0.15, 0.2) is 12.2 Å². The number of primary amides is 1. The van der Waals surface area contributed by atoms with Gasteiger partial charge < -0.3 is 25.4 Å². The summed E-state index contributed by atoms with van der Waals surface area (Å²) in [5.74, 6) is -0.744. The number of nitriles is 1. The van der Waals surface area contributed by atoms with Crippen molar-refractivity contribution in [1.82, 2.24) is 5.32 Å². The van der Waals surface area contributed by atoms with Crippen molar-refractivity contribution in [3.8, 4) is 22.9 Å². The minimum Gasteiger partial charge on any atom is -0.482 e. The molecule has 3 N–H and O–H groups in total. The highest BCUT2D eigenvalue weighted by atomic mass is 16.5. The number of fused-ring (bicyclic) bond motifs is 1. The van der Waals surface area contributed by atoms with Crippen LogP contribution in [0.25, 0.3) is 11.1 Å². The topological polar surface area (TPSA) is 118 Å². The van der Waals surface area contributed by atoms with Gasteiger partial charge in [0.2, 0.25) is 0 Å². The fourth-order valence-electron chi connectivity index (χ4n) is 4.17. The average molecular weight is 434 g/mol. The van der Waals surface area contributed by atoms with Crippen molar-refractivity contribution >= 4 is 17.5 Å². The van der Waals surface area contributed by atoms with E-state index in [9.17, 15) is 14.9 Å². The molecule has 2 amide bonds. The second-order valence-electron chi connectivity index (χ2n) is 8.14. The summed E-state index contributed by atoms with van der Waals surface area (Å²) in [6.45, 7) is 1.37. The normalized spacial score (nSPS) is 21.6. The van der Waals surface area contributed by atoms with Crippen LogP contribution in [-0.4, -0.2) is 50.8 Å². The van der Waals surface area contributed by atoms with Gasteiger partial charge in [-0.05, 0) is 48.2 Å². The van der Waals surface area contributed by atoms with Gasteiger partial charge >= 0.3 is 0 Å². The summed E-state index contributed by atoms with van der Waals surface area (Å²) in [5.41, 5.74) is 7.89. The van der Waals surface area contributed by atoms with Crippen molar-refractivity contribution in [3.63, 3.8) is 0 Å². The molecular weight excluding hydrogens is 408 g/mol. The molecule has 8 nitrogen and oxygen atoms in total. The van der Waals surface area contributed by atoms with Gasteiger partial charge in [0.25, 0.3) is 11.8 Å². The van der Waals surface area contributed by atoms with Crippen molar-refractivity contribution in [2.75, 3.05) is 38.3 Å². The maximum Gasteiger partial charge on any atom is 0.264 e. The number of anilines is 1. The molecule has 2 aliphatic rings. The van der Waals surface area contributed by atoms with E-state index in [1.54, 1.807) is 11.9 Å². The third-order valence-electron chi connectivity index (χ3n) is 6.15. The Morgan fingerprint density at radius 1 is 1.28 bits per heavy atom. The first-order valence-corrected chi connectivity index (χ1v) is 10.6. The first kappa shape index (κ1) is 21.8. The van der Waals surface area contributed by atoms with Crippen LogP contribution in [0.3, 0.4) is 0 Å². The van der Waals surface area contributed by atoms with E-state index in [4.69, 9.17) is 15.2 Å². The molecule has 8 heteroatoms. The number of benzene rings is 2. The fraction of sp³-hybridized carbons (Fsp3) is 0.375. The first-order valence-electron chi connectivity index (χ1n) is 10.6. The van der Waals surface area contributed by atoms with E-state index in [0.29, 0.717) is 25.3 Å². The summed E-state index contributed by atoms with van der Waals surface area (Å²) < 4.78 is 11.3. The number of carbonyl (C=O) groups excluding carboxylic acids is 2. The molecule has 0 radical (unpaired) electrons. The number of carbonyl (C=O) groups is 2. The van der Waals surface area contributed by atoms with Gasteiger partial charge in [0.1, 0.15) is 5.75 Å². The van der Waals surface area contributed by atoms with Gasteiger partial charge in [-0.1, -0.05) is 30.3 Å². The minimum atomic E-state index is -1.35. The Labute approximate surface area is 186 Å². The van der Waals surface area contributed by atoms with Crippen LogP contribution in [-0.2, 0) is 20.7 Å². The highest BCUT2D eigenvalue weighted by Crippen LogP contribution is 2.35. The summed E-state index contributed by atoms with van der Waals surface area (Å²) in [6, 6.07) is 15.8. The number of hydrogen-bond acceptors (Lipinski definition) is 6. The lowest BCUT2D eigenvalue weighted by molar-refractivity contribution is -0.147. The van der Waals surface area contributed by atoms with E-state index in [0.717, 1.165) is 28.8 Å². The molecule has 32 heavy (non-hydrogen) atoms. The monoisotopic (exact) mass is 434 g/mol. The molecular formula is C24H26N4O4. The molecule has 0 unspecified atom stereocenters. The molecule has 1 saturated heterocycles. The lowest BCUT2D eigenvalue weighted by atomic mass is 9.82. The van der Waals surface area contributed by atoms with Gasteiger partial charge in [0, 0.05) is 20.2 Å². The van der Waals surface area contributed by atoms with Gasteiger partial charge in [-0.3, -0.25) is 9.59 Å². The summed E-state index contributed by atoms with van der Waals surface area (Å²) in [6.07, 6.45) is 1.10. The lowest BCUT2D eigenvalue weighted by Gasteiger charge is -2.33. The third kappa shape index (κ3) is 4.05. The number of amides is 2. The van der Waals surface area contributed by atoms with Crippen LogP contribution in [0.1, 0.15) is 12.0 Å². The number of likely N-dealkylation sites (N-methyl/N-ethyl adjacent to an activating group) is 1. The molecule has 2 aromatic rings. The van der Waals surface area contributed by atoms with E-state index >= 15 is 0 Å². The summed E-state index contributed by atoms with van der Waals surface area (Å²) in [5, 5.41) is 13.0. The molecule has 1 fully saturated rings. The van der Waals surface area contributed by atoms with Crippen molar-refractivity contribution < 1.29 is 19.1 Å². The van der Waals surface area contributed by atoms with Gasteiger partial charge in [-0.15, -0.1) is 0 Å². The number of nitrogens with two attached hydrogens (primary N) is 1. The Morgan fingerprint density at radius 3 is 2.75 bits per heavy atom. The van der Waals surface area contributed by atoms with Crippen LogP contribution in [0, 0.1) is 17.2 Å². The highest BCUT2D eigenvalue weighted by molar-refractivity contribution is 5.98. The Morgan fingerprint density at radius 2 is 2.03 bits per heavy atom.